The number of nitrogens with two attached hydrogens (primary N) is 1. The van der Waals surface area contributed by atoms with Crippen molar-refractivity contribution in [3.8, 4) is 5.69 Å². The van der Waals surface area contributed by atoms with Crippen molar-refractivity contribution in [1.82, 2.24) is 20.2 Å². The second-order valence-corrected chi connectivity index (χ2v) is 3.74. The molecule has 0 radical (unpaired) electrons. The maximum Gasteiger partial charge on any atom is 0.185 e. The SMILES string of the molecule is CC(C=O)c1nnn(-c2cccc(CN)c2)n1. The van der Waals surface area contributed by atoms with Gasteiger partial charge in [0.1, 0.15) is 6.29 Å². The van der Waals surface area contributed by atoms with E-state index < -0.39 is 0 Å². The summed E-state index contributed by atoms with van der Waals surface area (Å²) in [5.41, 5.74) is 7.33. The van der Waals surface area contributed by atoms with Crippen LogP contribution in [0, 0.1) is 0 Å². The lowest BCUT2D eigenvalue weighted by molar-refractivity contribution is -0.108. The third-order valence-corrected chi connectivity index (χ3v) is 2.42. The molecule has 0 fully saturated rings. The highest BCUT2D eigenvalue weighted by molar-refractivity contribution is 5.58. The summed E-state index contributed by atoms with van der Waals surface area (Å²) in [7, 11) is 0. The van der Waals surface area contributed by atoms with Crippen LogP contribution in [0.25, 0.3) is 5.69 Å². The molecule has 1 aromatic carbocycles. The summed E-state index contributed by atoms with van der Waals surface area (Å²) in [5.74, 6) is 0.0691. The van der Waals surface area contributed by atoms with Gasteiger partial charge in [0.2, 0.25) is 0 Å². The van der Waals surface area contributed by atoms with Gasteiger partial charge in [0.15, 0.2) is 5.82 Å². The Labute approximate surface area is 98.4 Å². The van der Waals surface area contributed by atoms with E-state index in [1.807, 2.05) is 24.3 Å². The molecule has 2 aromatic rings. The fraction of sp³-hybridized carbons (Fsp3) is 0.273. The van der Waals surface area contributed by atoms with Gasteiger partial charge >= 0.3 is 0 Å². The normalized spacial score (nSPS) is 12.4. The van der Waals surface area contributed by atoms with E-state index in [1.54, 1.807) is 6.92 Å². The Balaban J connectivity index is 2.33. The molecule has 2 rings (SSSR count). The number of carbonyl (C=O) groups is 1. The molecule has 0 bridgehead atoms. The highest BCUT2D eigenvalue weighted by Gasteiger charge is 2.11. The van der Waals surface area contributed by atoms with Crippen LogP contribution >= 0.6 is 0 Å². The molecule has 0 aliphatic rings. The van der Waals surface area contributed by atoms with Crippen molar-refractivity contribution in [2.45, 2.75) is 19.4 Å². The van der Waals surface area contributed by atoms with Crippen molar-refractivity contribution in [3.05, 3.63) is 35.7 Å². The number of rotatable bonds is 4. The Bertz CT molecular complexity index is 522. The predicted molar refractivity (Wildman–Crippen MR) is 61.5 cm³/mol. The van der Waals surface area contributed by atoms with E-state index in [2.05, 4.69) is 15.4 Å². The van der Waals surface area contributed by atoms with Gasteiger partial charge in [-0.05, 0) is 29.8 Å². The summed E-state index contributed by atoms with van der Waals surface area (Å²) in [5, 5.41) is 11.9. The smallest absolute Gasteiger partial charge is 0.185 e. The number of carbonyl (C=O) groups excluding carboxylic acids is 1. The van der Waals surface area contributed by atoms with Crippen molar-refractivity contribution in [1.29, 1.82) is 0 Å². The maximum absolute atomic E-state index is 10.6. The summed E-state index contributed by atoms with van der Waals surface area (Å²) in [6.45, 7) is 2.19. The van der Waals surface area contributed by atoms with E-state index in [0.29, 0.717) is 12.4 Å². The third kappa shape index (κ3) is 2.36. The number of tetrazole rings is 1. The fourth-order valence-corrected chi connectivity index (χ4v) is 1.39. The van der Waals surface area contributed by atoms with E-state index in [4.69, 9.17) is 5.73 Å². The Morgan fingerprint density at radius 2 is 2.35 bits per heavy atom. The molecule has 0 spiro atoms. The number of aromatic nitrogens is 4. The zero-order valence-electron chi connectivity index (χ0n) is 9.45. The monoisotopic (exact) mass is 231 g/mol. The number of nitrogens with zero attached hydrogens (tertiary/aromatic N) is 4. The minimum absolute atomic E-state index is 0.346. The van der Waals surface area contributed by atoms with Crippen molar-refractivity contribution in [2.75, 3.05) is 0 Å². The average molecular weight is 231 g/mol. The van der Waals surface area contributed by atoms with E-state index in [-0.39, 0.29) is 5.92 Å². The lowest BCUT2D eigenvalue weighted by Gasteiger charge is -2.01. The molecule has 0 aliphatic heterocycles. The first-order valence-corrected chi connectivity index (χ1v) is 5.29. The van der Waals surface area contributed by atoms with Crippen LogP contribution < -0.4 is 5.73 Å². The average Bonchev–Trinajstić information content (AvgIpc) is 2.87. The largest absolute Gasteiger partial charge is 0.326 e. The highest BCUT2D eigenvalue weighted by atomic mass is 16.1. The van der Waals surface area contributed by atoms with Crippen LogP contribution in [0.4, 0.5) is 0 Å². The molecule has 2 N–H and O–H groups in total. The summed E-state index contributed by atoms with van der Waals surface area (Å²) < 4.78 is 0. The number of aldehydes is 1. The zero-order chi connectivity index (χ0) is 12.3. The molecular formula is C11H13N5O. The van der Waals surface area contributed by atoms with Gasteiger partial charge in [-0.25, -0.2) is 0 Å². The van der Waals surface area contributed by atoms with Gasteiger partial charge in [-0.3, -0.25) is 0 Å². The third-order valence-electron chi connectivity index (χ3n) is 2.42. The van der Waals surface area contributed by atoms with Crippen molar-refractivity contribution >= 4 is 6.29 Å². The summed E-state index contributed by atoms with van der Waals surface area (Å²) >= 11 is 0. The number of hydrogen-bond acceptors (Lipinski definition) is 5. The Morgan fingerprint density at radius 3 is 3.06 bits per heavy atom. The van der Waals surface area contributed by atoms with E-state index in [9.17, 15) is 4.79 Å². The molecule has 0 aliphatic carbocycles. The van der Waals surface area contributed by atoms with Crippen molar-refractivity contribution < 1.29 is 4.79 Å². The van der Waals surface area contributed by atoms with Crippen LogP contribution in [-0.2, 0) is 11.3 Å². The minimum Gasteiger partial charge on any atom is -0.326 e. The zero-order valence-corrected chi connectivity index (χ0v) is 9.45. The summed E-state index contributed by atoms with van der Waals surface area (Å²) in [6, 6.07) is 7.55. The van der Waals surface area contributed by atoms with Crippen LogP contribution in [-0.4, -0.2) is 26.5 Å². The highest BCUT2D eigenvalue weighted by Crippen LogP contribution is 2.10. The molecule has 6 nitrogen and oxygen atoms in total. The molecule has 1 aromatic heterocycles. The van der Waals surface area contributed by atoms with Crippen LogP contribution in [0.2, 0.25) is 0 Å². The Morgan fingerprint density at radius 1 is 1.53 bits per heavy atom. The first-order chi connectivity index (χ1) is 8.24. The first-order valence-electron chi connectivity index (χ1n) is 5.29. The Kier molecular flexibility index (Phi) is 3.24. The standard InChI is InChI=1S/C11H13N5O/c1-8(7-17)11-13-15-16(14-11)10-4-2-3-9(5-10)6-12/h2-5,7-8H,6,12H2,1H3. The molecule has 1 unspecified atom stereocenters. The molecule has 17 heavy (non-hydrogen) atoms. The van der Waals surface area contributed by atoms with Crippen LogP contribution in [0.1, 0.15) is 24.2 Å². The predicted octanol–water partition coefficient (Wildman–Crippen LogP) is 0.423. The van der Waals surface area contributed by atoms with Gasteiger partial charge in [0.25, 0.3) is 0 Å². The molecule has 6 heteroatoms. The van der Waals surface area contributed by atoms with Crippen molar-refractivity contribution in [3.63, 3.8) is 0 Å². The van der Waals surface area contributed by atoms with Crippen LogP contribution in [0.3, 0.4) is 0 Å². The topological polar surface area (TPSA) is 86.7 Å². The van der Waals surface area contributed by atoms with Crippen molar-refractivity contribution in [2.24, 2.45) is 5.73 Å². The minimum atomic E-state index is -0.346. The molecule has 1 heterocycles. The lowest BCUT2D eigenvalue weighted by Crippen LogP contribution is -2.03. The van der Waals surface area contributed by atoms with Crippen LogP contribution in [0.5, 0.6) is 0 Å². The van der Waals surface area contributed by atoms with Gasteiger partial charge in [-0.2, -0.15) is 0 Å². The molecule has 0 amide bonds. The molecular weight excluding hydrogens is 218 g/mol. The second-order valence-electron chi connectivity index (χ2n) is 3.74. The number of benzene rings is 1. The van der Waals surface area contributed by atoms with Gasteiger partial charge in [0, 0.05) is 6.54 Å². The van der Waals surface area contributed by atoms with E-state index in [0.717, 1.165) is 17.5 Å². The first kappa shape index (κ1) is 11.4. The summed E-state index contributed by atoms with van der Waals surface area (Å²) in [4.78, 5) is 12.0. The second kappa shape index (κ2) is 4.84. The van der Waals surface area contributed by atoms with E-state index >= 15 is 0 Å². The van der Waals surface area contributed by atoms with Gasteiger partial charge in [-0.1, -0.05) is 12.1 Å². The maximum atomic E-state index is 10.6. The Hall–Kier alpha value is -2.08. The molecule has 0 saturated heterocycles. The fourth-order valence-electron chi connectivity index (χ4n) is 1.39. The summed E-state index contributed by atoms with van der Waals surface area (Å²) in [6.07, 6.45) is 0.789. The molecule has 1 atom stereocenters. The quantitative estimate of drug-likeness (QED) is 0.771. The van der Waals surface area contributed by atoms with Gasteiger partial charge < -0.3 is 10.5 Å². The van der Waals surface area contributed by atoms with Gasteiger partial charge in [0.05, 0.1) is 11.6 Å². The number of hydrogen-bond donors (Lipinski definition) is 1. The van der Waals surface area contributed by atoms with Gasteiger partial charge in [-0.15, -0.1) is 15.0 Å². The molecule has 88 valence electrons. The van der Waals surface area contributed by atoms with Crippen LogP contribution in [0.15, 0.2) is 24.3 Å². The molecule has 0 saturated carbocycles. The van der Waals surface area contributed by atoms with E-state index in [1.165, 1.54) is 4.80 Å². The lowest BCUT2D eigenvalue weighted by atomic mass is 10.2.